The third-order valence-corrected chi connectivity index (χ3v) is 7.37. The zero-order valence-electron chi connectivity index (χ0n) is 12.2. The number of hydrogen-bond acceptors (Lipinski definition) is 3. The second-order valence-corrected chi connectivity index (χ2v) is 8.44. The molecule has 1 aromatic carbocycles. The molecule has 1 amide bonds. The van der Waals surface area contributed by atoms with Crippen LogP contribution < -0.4 is 5.73 Å². The molecule has 3 rings (SSSR count). The van der Waals surface area contributed by atoms with Crippen molar-refractivity contribution in [1.29, 1.82) is 0 Å². The number of sulfonamides is 1. The second kappa shape index (κ2) is 5.51. The summed E-state index contributed by atoms with van der Waals surface area (Å²) >= 11 is 6.01. The number of rotatable bonds is 4. The highest BCUT2D eigenvalue weighted by Gasteiger charge is 2.55. The number of hydrogen-bond donors (Lipinski definition) is 1. The van der Waals surface area contributed by atoms with E-state index < -0.39 is 10.0 Å². The highest BCUT2D eigenvalue weighted by Crippen LogP contribution is 2.55. The summed E-state index contributed by atoms with van der Waals surface area (Å²) in [4.78, 5) is 11.7. The molecule has 0 radical (unpaired) electrons. The molecule has 0 bridgehead atoms. The number of primary amides is 1. The number of piperidine rings is 1. The smallest absolute Gasteiger partial charge is 0.244 e. The fourth-order valence-corrected chi connectivity index (χ4v) is 5.40. The van der Waals surface area contributed by atoms with E-state index in [4.69, 9.17) is 17.3 Å². The van der Waals surface area contributed by atoms with Crippen LogP contribution in [0.3, 0.4) is 0 Å². The van der Waals surface area contributed by atoms with E-state index in [2.05, 4.69) is 0 Å². The van der Waals surface area contributed by atoms with Gasteiger partial charge in [0.2, 0.25) is 15.9 Å². The van der Waals surface area contributed by atoms with E-state index in [0.29, 0.717) is 25.9 Å². The lowest BCUT2D eigenvalue weighted by Crippen LogP contribution is -2.43. The maximum absolute atomic E-state index is 12.7. The molecule has 0 spiro atoms. The summed E-state index contributed by atoms with van der Waals surface area (Å²) in [6, 6.07) is 6.47. The van der Waals surface area contributed by atoms with E-state index in [0.717, 1.165) is 12.8 Å². The van der Waals surface area contributed by atoms with Crippen LogP contribution >= 0.6 is 11.6 Å². The van der Waals surface area contributed by atoms with Crippen molar-refractivity contribution in [2.45, 2.75) is 30.6 Å². The molecule has 1 saturated carbocycles. The Balaban J connectivity index is 1.74. The van der Waals surface area contributed by atoms with Gasteiger partial charge in [-0.1, -0.05) is 23.7 Å². The first kappa shape index (κ1) is 15.8. The minimum atomic E-state index is -3.58. The highest BCUT2D eigenvalue weighted by molar-refractivity contribution is 7.89. The van der Waals surface area contributed by atoms with Gasteiger partial charge in [0.05, 0.1) is 10.4 Å². The lowest BCUT2D eigenvalue weighted by Gasteiger charge is -2.34. The van der Waals surface area contributed by atoms with Gasteiger partial charge in [0, 0.05) is 13.1 Å². The Morgan fingerprint density at radius 3 is 2.32 bits per heavy atom. The van der Waals surface area contributed by atoms with E-state index in [1.54, 1.807) is 18.2 Å². The fraction of sp³-hybridized carbons (Fsp3) is 0.533. The standard InChI is InChI=1S/C15H19ClN2O3S/c16-12-3-1-2-4-13(12)22(20,21)18-9-5-11(6-10-18)15(7-8-15)14(17)19/h1-4,11H,5-10H2,(H2,17,19). The molecule has 1 aliphatic heterocycles. The number of carbonyl (C=O) groups is 1. The van der Waals surface area contributed by atoms with E-state index in [-0.39, 0.29) is 27.2 Å². The largest absolute Gasteiger partial charge is 0.369 e. The van der Waals surface area contributed by atoms with Gasteiger partial charge in [-0.15, -0.1) is 0 Å². The van der Waals surface area contributed by atoms with Crippen LogP contribution in [0.5, 0.6) is 0 Å². The van der Waals surface area contributed by atoms with E-state index in [1.165, 1.54) is 10.4 Å². The fourth-order valence-electron chi connectivity index (χ4n) is 3.43. The van der Waals surface area contributed by atoms with Gasteiger partial charge in [-0.2, -0.15) is 4.31 Å². The predicted molar refractivity (Wildman–Crippen MR) is 83.8 cm³/mol. The zero-order valence-corrected chi connectivity index (χ0v) is 13.7. The summed E-state index contributed by atoms with van der Waals surface area (Å²) in [5, 5.41) is 0.237. The maximum atomic E-state index is 12.7. The van der Waals surface area contributed by atoms with Crippen LogP contribution in [0, 0.1) is 11.3 Å². The Morgan fingerprint density at radius 2 is 1.82 bits per heavy atom. The monoisotopic (exact) mass is 342 g/mol. The summed E-state index contributed by atoms with van der Waals surface area (Å²) in [7, 11) is -3.58. The first-order chi connectivity index (χ1) is 10.4. The minimum absolute atomic E-state index is 0.145. The van der Waals surface area contributed by atoms with Crippen LogP contribution in [0.1, 0.15) is 25.7 Å². The third kappa shape index (κ3) is 2.53. The van der Waals surface area contributed by atoms with Crippen molar-refractivity contribution in [2.75, 3.05) is 13.1 Å². The topological polar surface area (TPSA) is 80.5 Å². The number of halogens is 1. The van der Waals surface area contributed by atoms with Crippen LogP contribution in [-0.4, -0.2) is 31.7 Å². The van der Waals surface area contributed by atoms with Gasteiger partial charge >= 0.3 is 0 Å². The molecule has 0 unspecified atom stereocenters. The number of nitrogens with two attached hydrogens (primary N) is 1. The predicted octanol–water partition coefficient (Wildman–Crippen LogP) is 2.01. The Kier molecular flexibility index (Phi) is 3.95. The Morgan fingerprint density at radius 1 is 1.23 bits per heavy atom. The second-order valence-electron chi connectivity index (χ2n) is 6.13. The zero-order chi connectivity index (χ0) is 16.0. The summed E-state index contributed by atoms with van der Waals surface area (Å²) in [6.45, 7) is 0.820. The van der Waals surface area contributed by atoms with Crippen LogP contribution in [-0.2, 0) is 14.8 Å². The van der Waals surface area contributed by atoms with Crippen LogP contribution in [0.2, 0.25) is 5.02 Å². The van der Waals surface area contributed by atoms with Gasteiger partial charge in [0.25, 0.3) is 0 Å². The van der Waals surface area contributed by atoms with Gasteiger partial charge in [-0.3, -0.25) is 4.79 Å². The van der Waals surface area contributed by atoms with Crippen molar-refractivity contribution in [3.05, 3.63) is 29.3 Å². The van der Waals surface area contributed by atoms with Crippen molar-refractivity contribution < 1.29 is 13.2 Å². The summed E-state index contributed by atoms with van der Waals surface area (Å²) in [5.41, 5.74) is 5.13. The van der Waals surface area contributed by atoms with Gasteiger partial charge in [-0.25, -0.2) is 8.42 Å². The van der Waals surface area contributed by atoms with Crippen molar-refractivity contribution in [1.82, 2.24) is 4.31 Å². The van der Waals surface area contributed by atoms with Crippen molar-refractivity contribution in [3.63, 3.8) is 0 Å². The average molecular weight is 343 g/mol. The summed E-state index contributed by atoms with van der Waals surface area (Å²) in [5.74, 6) is -0.0393. The van der Waals surface area contributed by atoms with Crippen LogP contribution in [0.25, 0.3) is 0 Å². The molecule has 0 aromatic heterocycles. The van der Waals surface area contributed by atoms with Gasteiger partial charge in [-0.05, 0) is 43.7 Å². The molecule has 5 nitrogen and oxygen atoms in total. The van der Waals surface area contributed by atoms with Gasteiger partial charge < -0.3 is 5.73 Å². The Bertz CT molecular complexity index is 692. The number of amides is 1. The normalized spacial score (nSPS) is 22.4. The molecule has 2 fully saturated rings. The minimum Gasteiger partial charge on any atom is -0.369 e. The SMILES string of the molecule is NC(=O)C1(C2CCN(S(=O)(=O)c3ccccc3Cl)CC2)CC1. The molecular weight excluding hydrogens is 324 g/mol. The molecule has 120 valence electrons. The molecule has 0 atom stereocenters. The lowest BCUT2D eigenvalue weighted by atomic mass is 9.81. The molecule has 1 saturated heterocycles. The Labute approximate surface area is 135 Å². The molecular formula is C15H19ClN2O3S. The van der Waals surface area contributed by atoms with E-state index >= 15 is 0 Å². The van der Waals surface area contributed by atoms with E-state index in [1.807, 2.05) is 0 Å². The molecule has 1 aromatic rings. The molecule has 7 heteroatoms. The van der Waals surface area contributed by atoms with Crippen molar-refractivity contribution in [2.24, 2.45) is 17.1 Å². The van der Waals surface area contributed by atoms with Crippen molar-refractivity contribution >= 4 is 27.5 Å². The number of carbonyl (C=O) groups excluding carboxylic acids is 1. The Hall–Kier alpha value is -1.11. The maximum Gasteiger partial charge on any atom is 0.244 e. The number of benzene rings is 1. The highest BCUT2D eigenvalue weighted by atomic mass is 35.5. The number of nitrogens with zero attached hydrogens (tertiary/aromatic N) is 1. The summed E-state index contributed by atoms with van der Waals surface area (Å²) < 4.78 is 26.8. The third-order valence-electron chi connectivity index (χ3n) is 4.97. The first-order valence-corrected chi connectivity index (χ1v) is 9.24. The molecule has 2 aliphatic rings. The molecule has 2 N–H and O–H groups in total. The molecule has 1 heterocycles. The summed E-state index contributed by atoms with van der Waals surface area (Å²) in [6.07, 6.45) is 3.02. The molecule has 22 heavy (non-hydrogen) atoms. The van der Waals surface area contributed by atoms with Gasteiger partial charge in [0.1, 0.15) is 4.90 Å². The average Bonchev–Trinajstić information content (AvgIpc) is 3.29. The van der Waals surface area contributed by atoms with Crippen molar-refractivity contribution in [3.8, 4) is 0 Å². The van der Waals surface area contributed by atoms with E-state index in [9.17, 15) is 13.2 Å². The van der Waals surface area contributed by atoms with Crippen LogP contribution in [0.15, 0.2) is 29.2 Å². The van der Waals surface area contributed by atoms with Crippen LogP contribution in [0.4, 0.5) is 0 Å². The quantitative estimate of drug-likeness (QED) is 0.908. The molecule has 1 aliphatic carbocycles. The van der Waals surface area contributed by atoms with Gasteiger partial charge in [0.15, 0.2) is 0 Å². The lowest BCUT2D eigenvalue weighted by molar-refractivity contribution is -0.125. The first-order valence-electron chi connectivity index (χ1n) is 7.42.